The number of halogens is 3. The van der Waals surface area contributed by atoms with Crippen LogP contribution in [0.1, 0.15) is 6.42 Å². The van der Waals surface area contributed by atoms with Crippen molar-refractivity contribution < 1.29 is 18.0 Å². The van der Waals surface area contributed by atoms with E-state index in [-0.39, 0.29) is 5.82 Å². The predicted molar refractivity (Wildman–Crippen MR) is 53.2 cm³/mol. The summed E-state index contributed by atoms with van der Waals surface area (Å²) in [6.07, 6.45) is -4.79. The molecule has 0 spiro atoms. The predicted octanol–water partition coefficient (Wildman–Crippen LogP) is 0.520. The van der Waals surface area contributed by atoms with Gasteiger partial charge in [-0.25, -0.2) is 0 Å². The molecule has 2 aromatic heterocycles. The summed E-state index contributed by atoms with van der Waals surface area (Å²) in [6.45, 7) is 0. The fourth-order valence-electron chi connectivity index (χ4n) is 1.16. The summed E-state index contributed by atoms with van der Waals surface area (Å²) in [5.74, 6) is -1.04. The fraction of sp³-hybridized carbons (Fsp3) is 0.250. The number of aromatic nitrogens is 4. The first kappa shape index (κ1) is 12.1. The molecule has 18 heavy (non-hydrogen) atoms. The Hall–Kier alpha value is -2.39. The Bertz CT molecular complexity index is 565. The summed E-state index contributed by atoms with van der Waals surface area (Å²) in [5, 5.41) is 11.2. The van der Waals surface area contributed by atoms with Crippen molar-refractivity contribution in [3.8, 4) is 0 Å². The summed E-state index contributed by atoms with van der Waals surface area (Å²) in [6, 6.07) is 2.98. The third-order valence-corrected chi connectivity index (χ3v) is 1.85. The van der Waals surface area contributed by atoms with Crippen LogP contribution in [0.4, 0.5) is 19.0 Å². The van der Waals surface area contributed by atoms with Crippen LogP contribution in [0.5, 0.6) is 0 Å². The van der Waals surface area contributed by atoms with E-state index in [0.29, 0.717) is 5.65 Å². The van der Waals surface area contributed by atoms with E-state index in [1.165, 1.54) is 23.0 Å². The molecule has 0 bridgehead atoms. The molecule has 0 aliphatic carbocycles. The van der Waals surface area contributed by atoms with Gasteiger partial charge in [0.25, 0.3) is 0 Å². The minimum absolute atomic E-state index is 0.165. The van der Waals surface area contributed by atoms with Crippen LogP contribution in [0.15, 0.2) is 18.5 Å². The lowest BCUT2D eigenvalue weighted by molar-refractivity contribution is -0.153. The SMILES string of the molecule is O=C(CC(F)(F)F)NNc1ccc2nncn2n1. The molecular weight excluding hydrogens is 253 g/mol. The minimum atomic E-state index is -4.54. The molecule has 2 aromatic rings. The molecule has 0 atom stereocenters. The zero-order chi connectivity index (χ0) is 13.2. The Kier molecular flexibility index (Phi) is 3.00. The number of rotatable bonds is 3. The second kappa shape index (κ2) is 4.47. The molecule has 0 aliphatic rings. The molecule has 96 valence electrons. The Morgan fingerprint density at radius 3 is 2.89 bits per heavy atom. The molecule has 0 radical (unpaired) electrons. The van der Waals surface area contributed by atoms with E-state index in [9.17, 15) is 18.0 Å². The average Bonchev–Trinajstić information content (AvgIpc) is 2.71. The zero-order valence-electron chi connectivity index (χ0n) is 8.77. The summed E-state index contributed by atoms with van der Waals surface area (Å²) in [5.41, 5.74) is 4.62. The van der Waals surface area contributed by atoms with Gasteiger partial charge in [-0.3, -0.25) is 15.6 Å². The number of carbonyl (C=O) groups is 1. The van der Waals surface area contributed by atoms with E-state index in [2.05, 4.69) is 20.7 Å². The molecule has 1 amide bonds. The molecule has 2 N–H and O–H groups in total. The highest BCUT2D eigenvalue weighted by molar-refractivity contribution is 5.77. The molecule has 0 aromatic carbocycles. The smallest absolute Gasteiger partial charge is 0.280 e. The van der Waals surface area contributed by atoms with Crippen LogP contribution in [-0.2, 0) is 4.79 Å². The van der Waals surface area contributed by atoms with Crippen LogP contribution >= 0.6 is 0 Å². The van der Waals surface area contributed by atoms with Crippen molar-refractivity contribution in [1.82, 2.24) is 25.2 Å². The molecule has 10 heteroatoms. The van der Waals surface area contributed by atoms with Crippen molar-refractivity contribution in [1.29, 1.82) is 0 Å². The monoisotopic (exact) mass is 260 g/mol. The maximum Gasteiger partial charge on any atom is 0.397 e. The van der Waals surface area contributed by atoms with Crippen molar-refractivity contribution in [3.63, 3.8) is 0 Å². The van der Waals surface area contributed by atoms with Crippen molar-refractivity contribution in [2.75, 3.05) is 5.43 Å². The van der Waals surface area contributed by atoms with E-state index < -0.39 is 18.5 Å². The lowest BCUT2D eigenvalue weighted by Crippen LogP contribution is -2.33. The second-order valence-electron chi connectivity index (χ2n) is 3.32. The quantitative estimate of drug-likeness (QED) is 0.786. The van der Waals surface area contributed by atoms with Gasteiger partial charge in [0.1, 0.15) is 12.7 Å². The van der Waals surface area contributed by atoms with Gasteiger partial charge in [-0.2, -0.15) is 17.7 Å². The number of hydrogen-bond donors (Lipinski definition) is 2. The standard InChI is InChI=1S/C8H7F3N6O/c9-8(10,11)3-7(18)15-13-5-1-2-6-14-12-4-17(6)16-5/h1-2,4H,3H2,(H,13,16)(H,15,18). The lowest BCUT2D eigenvalue weighted by atomic mass is 10.4. The van der Waals surface area contributed by atoms with Gasteiger partial charge in [0.05, 0.1) is 0 Å². The van der Waals surface area contributed by atoms with Crippen molar-refractivity contribution in [2.24, 2.45) is 0 Å². The highest BCUT2D eigenvalue weighted by Crippen LogP contribution is 2.18. The topological polar surface area (TPSA) is 84.2 Å². The highest BCUT2D eigenvalue weighted by atomic mass is 19.4. The maximum atomic E-state index is 11.9. The van der Waals surface area contributed by atoms with Crippen LogP contribution in [0.25, 0.3) is 5.65 Å². The van der Waals surface area contributed by atoms with Gasteiger partial charge in [-0.15, -0.1) is 15.3 Å². The maximum absolute atomic E-state index is 11.9. The number of carbonyl (C=O) groups excluding carboxylic acids is 1. The third kappa shape index (κ3) is 3.06. The summed E-state index contributed by atoms with van der Waals surface area (Å²) < 4.78 is 36.9. The Morgan fingerprint density at radius 1 is 1.39 bits per heavy atom. The first-order chi connectivity index (χ1) is 8.44. The number of hydrogen-bond acceptors (Lipinski definition) is 5. The number of fused-ring (bicyclic) bond motifs is 1. The number of nitrogens with one attached hydrogen (secondary N) is 2. The third-order valence-electron chi connectivity index (χ3n) is 1.85. The van der Waals surface area contributed by atoms with Crippen LogP contribution < -0.4 is 10.9 Å². The molecular formula is C8H7F3N6O. The number of nitrogens with zero attached hydrogens (tertiary/aromatic N) is 4. The van der Waals surface area contributed by atoms with Gasteiger partial charge in [-0.05, 0) is 12.1 Å². The van der Waals surface area contributed by atoms with Gasteiger partial charge in [0.2, 0.25) is 5.91 Å². The van der Waals surface area contributed by atoms with Crippen molar-refractivity contribution in [2.45, 2.75) is 12.6 Å². The molecule has 2 heterocycles. The molecule has 0 saturated carbocycles. The first-order valence-electron chi connectivity index (χ1n) is 4.73. The Morgan fingerprint density at radius 2 is 2.17 bits per heavy atom. The van der Waals surface area contributed by atoms with E-state index in [1.54, 1.807) is 0 Å². The number of hydrazine groups is 1. The minimum Gasteiger partial charge on any atom is -0.280 e. The van der Waals surface area contributed by atoms with Gasteiger partial charge < -0.3 is 0 Å². The van der Waals surface area contributed by atoms with E-state index in [1.807, 2.05) is 5.43 Å². The zero-order valence-corrected chi connectivity index (χ0v) is 8.77. The molecule has 0 unspecified atom stereocenters. The van der Waals surface area contributed by atoms with Crippen molar-refractivity contribution in [3.05, 3.63) is 18.5 Å². The van der Waals surface area contributed by atoms with Gasteiger partial charge >= 0.3 is 6.18 Å². The summed E-state index contributed by atoms with van der Waals surface area (Å²) >= 11 is 0. The highest BCUT2D eigenvalue weighted by Gasteiger charge is 2.31. The lowest BCUT2D eigenvalue weighted by Gasteiger charge is -2.09. The number of alkyl halides is 3. The summed E-state index contributed by atoms with van der Waals surface area (Å²) in [7, 11) is 0. The number of anilines is 1. The van der Waals surface area contributed by atoms with E-state index >= 15 is 0 Å². The van der Waals surface area contributed by atoms with Gasteiger partial charge in [0.15, 0.2) is 11.5 Å². The van der Waals surface area contributed by atoms with Gasteiger partial charge in [-0.1, -0.05) is 0 Å². The normalized spacial score (nSPS) is 11.5. The number of amides is 1. The molecule has 0 fully saturated rings. The van der Waals surface area contributed by atoms with Crippen LogP contribution in [0.3, 0.4) is 0 Å². The average molecular weight is 260 g/mol. The van der Waals surface area contributed by atoms with E-state index in [0.717, 1.165) is 0 Å². The van der Waals surface area contributed by atoms with Crippen LogP contribution in [-0.4, -0.2) is 31.9 Å². The molecule has 0 aliphatic heterocycles. The fourth-order valence-corrected chi connectivity index (χ4v) is 1.16. The van der Waals surface area contributed by atoms with Crippen molar-refractivity contribution >= 4 is 17.4 Å². The van der Waals surface area contributed by atoms with Gasteiger partial charge in [0, 0.05) is 0 Å². The Labute approximate surface area is 98.0 Å². The second-order valence-corrected chi connectivity index (χ2v) is 3.32. The molecule has 2 rings (SSSR count). The Balaban J connectivity index is 1.95. The summed E-state index contributed by atoms with van der Waals surface area (Å²) in [4.78, 5) is 10.9. The molecule has 7 nitrogen and oxygen atoms in total. The van der Waals surface area contributed by atoms with Crippen LogP contribution in [0, 0.1) is 0 Å². The first-order valence-corrected chi connectivity index (χ1v) is 4.73. The molecule has 0 saturated heterocycles. The van der Waals surface area contributed by atoms with Crippen LogP contribution in [0.2, 0.25) is 0 Å². The van der Waals surface area contributed by atoms with E-state index in [4.69, 9.17) is 0 Å². The largest absolute Gasteiger partial charge is 0.397 e.